The molecule has 1 aromatic heterocycles. The normalized spacial score (nSPS) is 15.5. The molecule has 0 spiro atoms. The summed E-state index contributed by atoms with van der Waals surface area (Å²) in [6, 6.07) is 18.7. The number of hydrogen-bond acceptors (Lipinski definition) is 4. The molecular weight excluding hydrogens is 385 g/mol. The van der Waals surface area contributed by atoms with Gasteiger partial charge >= 0.3 is 0 Å². The molecule has 2 heterocycles. The molecule has 1 amide bonds. The van der Waals surface area contributed by atoms with Crippen molar-refractivity contribution in [3.8, 4) is 5.75 Å². The number of anilines is 1. The van der Waals surface area contributed by atoms with Crippen LogP contribution in [-0.2, 0) is 0 Å². The lowest BCUT2D eigenvalue weighted by atomic mass is 9.98. The SMILES string of the molecule is COc1ccc(N2C(=O)c3oc4ccccc4c(=O)c3C2c2ccccc2F)cc1. The van der Waals surface area contributed by atoms with Crippen LogP contribution in [-0.4, -0.2) is 13.0 Å². The molecule has 6 heteroatoms. The minimum absolute atomic E-state index is 0.0669. The summed E-state index contributed by atoms with van der Waals surface area (Å²) in [4.78, 5) is 28.1. The summed E-state index contributed by atoms with van der Waals surface area (Å²) in [6.45, 7) is 0. The Bertz CT molecular complexity index is 1340. The van der Waals surface area contributed by atoms with E-state index in [0.29, 0.717) is 22.4 Å². The molecule has 30 heavy (non-hydrogen) atoms. The molecule has 1 atom stereocenters. The molecule has 0 bridgehead atoms. The number of carbonyl (C=O) groups excluding carboxylic acids is 1. The van der Waals surface area contributed by atoms with E-state index in [1.165, 1.54) is 11.0 Å². The Hall–Kier alpha value is -3.93. The van der Waals surface area contributed by atoms with E-state index >= 15 is 0 Å². The van der Waals surface area contributed by atoms with Gasteiger partial charge in [0.25, 0.3) is 5.91 Å². The maximum atomic E-state index is 14.8. The topological polar surface area (TPSA) is 59.8 Å². The second kappa shape index (κ2) is 6.84. The van der Waals surface area contributed by atoms with E-state index < -0.39 is 17.8 Å². The lowest BCUT2D eigenvalue weighted by molar-refractivity contribution is 0.0970. The summed E-state index contributed by atoms with van der Waals surface area (Å²) >= 11 is 0. The molecule has 5 rings (SSSR count). The van der Waals surface area contributed by atoms with Crippen molar-refractivity contribution in [2.24, 2.45) is 0 Å². The molecule has 3 aromatic carbocycles. The summed E-state index contributed by atoms with van der Waals surface area (Å²) in [5.74, 6) is -0.450. The fraction of sp³-hybridized carbons (Fsp3) is 0.0833. The molecule has 5 nitrogen and oxygen atoms in total. The number of rotatable bonds is 3. The van der Waals surface area contributed by atoms with Gasteiger partial charge in [0.1, 0.15) is 17.1 Å². The number of methoxy groups -OCH3 is 1. The number of amides is 1. The van der Waals surface area contributed by atoms with Crippen LogP contribution in [0.2, 0.25) is 0 Å². The quantitative estimate of drug-likeness (QED) is 0.500. The third-order valence-electron chi connectivity index (χ3n) is 5.33. The lowest BCUT2D eigenvalue weighted by Crippen LogP contribution is -2.30. The van der Waals surface area contributed by atoms with Crippen molar-refractivity contribution in [3.63, 3.8) is 0 Å². The number of ether oxygens (including phenoxy) is 1. The molecule has 1 aliphatic heterocycles. The standard InChI is InChI=1S/C24H16FNO4/c1-29-15-12-10-14(11-13-15)26-21(16-6-2-4-8-18(16)25)20-22(27)17-7-3-5-9-19(17)30-23(20)24(26)28/h2-13,21H,1H3. The van der Waals surface area contributed by atoms with Crippen molar-refractivity contribution < 1.29 is 18.3 Å². The van der Waals surface area contributed by atoms with Gasteiger partial charge < -0.3 is 9.15 Å². The van der Waals surface area contributed by atoms with Crippen molar-refractivity contribution in [2.45, 2.75) is 6.04 Å². The van der Waals surface area contributed by atoms with Gasteiger partial charge in [-0.15, -0.1) is 0 Å². The highest BCUT2D eigenvalue weighted by Gasteiger charge is 2.44. The third-order valence-corrected chi connectivity index (χ3v) is 5.33. The molecule has 4 aromatic rings. The van der Waals surface area contributed by atoms with Gasteiger partial charge in [-0.1, -0.05) is 30.3 Å². The first-order chi connectivity index (χ1) is 14.6. The van der Waals surface area contributed by atoms with E-state index in [-0.39, 0.29) is 22.3 Å². The number of hydrogen-bond donors (Lipinski definition) is 0. The Morgan fingerprint density at radius 1 is 0.933 bits per heavy atom. The van der Waals surface area contributed by atoms with Gasteiger partial charge in [0.05, 0.1) is 24.1 Å². The molecule has 1 unspecified atom stereocenters. The van der Waals surface area contributed by atoms with E-state index in [1.54, 1.807) is 73.8 Å². The minimum Gasteiger partial charge on any atom is -0.497 e. The van der Waals surface area contributed by atoms with Gasteiger partial charge in [-0.05, 0) is 42.5 Å². The van der Waals surface area contributed by atoms with E-state index in [4.69, 9.17) is 9.15 Å². The number of para-hydroxylation sites is 1. The fourth-order valence-corrected chi connectivity index (χ4v) is 3.92. The molecular formula is C24H16FNO4. The van der Waals surface area contributed by atoms with Crippen molar-refractivity contribution in [1.29, 1.82) is 0 Å². The number of carbonyl (C=O) groups is 1. The van der Waals surface area contributed by atoms with Crippen LogP contribution in [0.3, 0.4) is 0 Å². The van der Waals surface area contributed by atoms with E-state index in [9.17, 15) is 14.0 Å². The van der Waals surface area contributed by atoms with E-state index in [2.05, 4.69) is 0 Å². The fourth-order valence-electron chi connectivity index (χ4n) is 3.92. The molecule has 1 aliphatic rings. The first kappa shape index (κ1) is 18.1. The van der Waals surface area contributed by atoms with Crippen LogP contribution < -0.4 is 15.1 Å². The zero-order chi connectivity index (χ0) is 20.8. The van der Waals surface area contributed by atoms with Crippen LogP contribution in [0.4, 0.5) is 10.1 Å². The van der Waals surface area contributed by atoms with Crippen molar-refractivity contribution in [3.05, 3.63) is 106 Å². The highest BCUT2D eigenvalue weighted by atomic mass is 19.1. The van der Waals surface area contributed by atoms with E-state index in [1.807, 2.05) is 0 Å². The summed E-state index contributed by atoms with van der Waals surface area (Å²) in [5, 5.41) is 0.349. The van der Waals surface area contributed by atoms with Crippen molar-refractivity contribution in [1.82, 2.24) is 0 Å². The minimum atomic E-state index is -0.942. The van der Waals surface area contributed by atoms with Crippen molar-refractivity contribution >= 4 is 22.6 Å². The molecule has 0 saturated heterocycles. The van der Waals surface area contributed by atoms with Gasteiger partial charge in [-0.2, -0.15) is 0 Å². The van der Waals surface area contributed by atoms with Crippen LogP contribution >= 0.6 is 0 Å². The van der Waals surface area contributed by atoms with Gasteiger partial charge in [0, 0.05) is 11.3 Å². The predicted octanol–water partition coefficient (Wildman–Crippen LogP) is 4.69. The first-order valence-corrected chi connectivity index (χ1v) is 9.38. The Morgan fingerprint density at radius 2 is 1.63 bits per heavy atom. The maximum absolute atomic E-state index is 14.8. The van der Waals surface area contributed by atoms with Gasteiger partial charge in [-0.3, -0.25) is 14.5 Å². The number of fused-ring (bicyclic) bond motifs is 2. The molecule has 0 saturated carbocycles. The highest BCUT2D eigenvalue weighted by Crippen LogP contribution is 2.42. The average Bonchev–Trinajstić information content (AvgIpc) is 3.07. The highest BCUT2D eigenvalue weighted by molar-refractivity contribution is 6.10. The molecule has 0 fully saturated rings. The Morgan fingerprint density at radius 3 is 2.37 bits per heavy atom. The van der Waals surface area contributed by atoms with Crippen LogP contribution in [0, 0.1) is 5.82 Å². The average molecular weight is 401 g/mol. The van der Waals surface area contributed by atoms with E-state index in [0.717, 1.165) is 0 Å². The Labute approximate surface area is 170 Å². The molecule has 0 N–H and O–H groups in total. The first-order valence-electron chi connectivity index (χ1n) is 9.38. The number of halogens is 1. The monoisotopic (exact) mass is 401 g/mol. The second-order valence-corrected chi connectivity index (χ2v) is 6.97. The summed E-state index contributed by atoms with van der Waals surface area (Å²) in [5.41, 5.74) is 0.842. The smallest absolute Gasteiger partial charge is 0.295 e. The molecule has 0 aliphatic carbocycles. The summed E-state index contributed by atoms with van der Waals surface area (Å²) in [7, 11) is 1.54. The maximum Gasteiger partial charge on any atom is 0.295 e. The third kappa shape index (κ3) is 2.61. The summed E-state index contributed by atoms with van der Waals surface area (Å²) in [6.07, 6.45) is 0. The molecule has 148 valence electrons. The summed E-state index contributed by atoms with van der Waals surface area (Å²) < 4.78 is 25.9. The lowest BCUT2D eigenvalue weighted by Gasteiger charge is -2.25. The van der Waals surface area contributed by atoms with Gasteiger partial charge in [0.2, 0.25) is 5.76 Å². The second-order valence-electron chi connectivity index (χ2n) is 6.97. The predicted molar refractivity (Wildman–Crippen MR) is 111 cm³/mol. The van der Waals surface area contributed by atoms with Crippen molar-refractivity contribution in [2.75, 3.05) is 12.0 Å². The number of benzene rings is 3. The van der Waals surface area contributed by atoms with Crippen LogP contribution in [0.1, 0.15) is 27.7 Å². The Balaban J connectivity index is 1.81. The van der Waals surface area contributed by atoms with Crippen LogP contribution in [0.5, 0.6) is 5.75 Å². The zero-order valence-electron chi connectivity index (χ0n) is 16.0. The zero-order valence-corrected chi connectivity index (χ0v) is 16.0. The Kier molecular flexibility index (Phi) is 4.13. The number of nitrogens with zero attached hydrogens (tertiary/aromatic N) is 1. The van der Waals surface area contributed by atoms with Crippen LogP contribution in [0.25, 0.3) is 11.0 Å². The van der Waals surface area contributed by atoms with Gasteiger partial charge in [0.15, 0.2) is 5.43 Å². The largest absolute Gasteiger partial charge is 0.497 e. The van der Waals surface area contributed by atoms with Crippen LogP contribution in [0.15, 0.2) is 82.0 Å². The van der Waals surface area contributed by atoms with Gasteiger partial charge in [-0.25, -0.2) is 4.39 Å². The molecule has 0 radical (unpaired) electrons.